The maximum absolute atomic E-state index is 5.65. The van der Waals surface area contributed by atoms with Crippen molar-refractivity contribution in [3.63, 3.8) is 0 Å². The fourth-order valence-corrected chi connectivity index (χ4v) is 3.65. The summed E-state index contributed by atoms with van der Waals surface area (Å²) in [5.41, 5.74) is 0. The second kappa shape index (κ2) is 5.22. The lowest BCUT2D eigenvalue weighted by molar-refractivity contribution is 0.0791. The smallest absolute Gasteiger partial charge is 0.146 e. The van der Waals surface area contributed by atoms with Gasteiger partial charge in [-0.25, -0.2) is 4.68 Å². The zero-order chi connectivity index (χ0) is 12.5. The molecule has 2 heterocycles. The quantitative estimate of drug-likeness (QED) is 0.606. The molecule has 0 aliphatic carbocycles. The topological polar surface area (TPSA) is 27.1 Å². The molecule has 0 radical (unpaired) electrons. The van der Waals surface area contributed by atoms with E-state index in [2.05, 4.69) is 46.7 Å². The molecule has 0 unspecified atom stereocenters. The minimum Gasteiger partial charge on any atom is -0.360 e. The first-order valence-corrected chi connectivity index (χ1v) is 11.0. The van der Waals surface area contributed by atoms with Gasteiger partial charge in [-0.05, 0) is 28.0 Å². The first kappa shape index (κ1) is 13.3. The summed E-state index contributed by atoms with van der Waals surface area (Å²) in [4.78, 5) is 1.06. The van der Waals surface area contributed by atoms with Gasteiger partial charge in [0.1, 0.15) is 11.6 Å². The minimum absolute atomic E-state index is 0.559. The summed E-state index contributed by atoms with van der Waals surface area (Å²) in [6.45, 7) is 8.48. The van der Waals surface area contributed by atoms with E-state index < -0.39 is 8.07 Å². The van der Waals surface area contributed by atoms with E-state index in [4.69, 9.17) is 4.74 Å². The van der Waals surface area contributed by atoms with Crippen molar-refractivity contribution in [2.45, 2.75) is 32.4 Å². The van der Waals surface area contributed by atoms with Gasteiger partial charge in [-0.15, -0.1) is 11.3 Å². The molecule has 0 N–H and O–H groups in total. The maximum Gasteiger partial charge on any atom is 0.146 e. The summed E-state index contributed by atoms with van der Waals surface area (Å²) in [6.07, 6.45) is 2.03. The molecule has 0 bridgehead atoms. The van der Waals surface area contributed by atoms with Gasteiger partial charge in [0.25, 0.3) is 0 Å². The molecule has 0 amide bonds. The molecule has 0 atom stereocenters. The zero-order valence-electron chi connectivity index (χ0n) is 10.4. The van der Waals surface area contributed by atoms with Gasteiger partial charge >= 0.3 is 0 Å². The van der Waals surface area contributed by atoms with Gasteiger partial charge in [0.15, 0.2) is 0 Å². The first-order valence-electron chi connectivity index (χ1n) is 5.64. The third-order valence-corrected chi connectivity index (χ3v) is 5.68. The highest BCUT2D eigenvalue weighted by atomic mass is 79.9. The third-order valence-electron chi connectivity index (χ3n) is 2.44. The number of hydrogen-bond donors (Lipinski definition) is 0. The number of ether oxygens (including phenoxy) is 1. The van der Waals surface area contributed by atoms with E-state index in [9.17, 15) is 0 Å². The van der Waals surface area contributed by atoms with Gasteiger partial charge in [0.05, 0.1) is 3.79 Å². The summed E-state index contributed by atoms with van der Waals surface area (Å²) in [7, 11) is -0.980. The average Bonchev–Trinajstić information content (AvgIpc) is 2.67. The number of hydrogen-bond acceptors (Lipinski definition) is 3. The Kier molecular flexibility index (Phi) is 4.07. The molecule has 0 aliphatic heterocycles. The van der Waals surface area contributed by atoms with E-state index in [1.54, 1.807) is 11.3 Å². The van der Waals surface area contributed by atoms with Crippen LogP contribution in [0.5, 0.6) is 0 Å². The number of nitrogens with zero attached hydrogens (tertiary/aromatic N) is 2. The Balaban J connectivity index is 1.85. The van der Waals surface area contributed by atoms with E-state index in [1.165, 1.54) is 11.4 Å². The summed E-state index contributed by atoms with van der Waals surface area (Å²) in [5.74, 6) is 0. The molecule has 2 aromatic heterocycles. The molecule has 94 valence electrons. The predicted octanol–water partition coefficient (Wildman–Crippen LogP) is 4.17. The monoisotopic (exact) mass is 332 g/mol. The third kappa shape index (κ3) is 3.91. The fraction of sp³-hybridized carbons (Fsp3) is 0.545. The molecule has 17 heavy (non-hydrogen) atoms. The average molecular weight is 333 g/mol. The number of aromatic nitrogens is 2. The van der Waals surface area contributed by atoms with Crippen molar-refractivity contribution in [2.75, 3.05) is 6.61 Å². The predicted molar refractivity (Wildman–Crippen MR) is 79.4 cm³/mol. The maximum atomic E-state index is 5.65. The van der Waals surface area contributed by atoms with Crippen molar-refractivity contribution in [1.82, 2.24) is 9.78 Å². The summed E-state index contributed by atoms with van der Waals surface area (Å²) in [6, 6.07) is 3.29. The van der Waals surface area contributed by atoms with Gasteiger partial charge in [-0.1, -0.05) is 19.6 Å². The van der Waals surface area contributed by atoms with Crippen LogP contribution in [0.1, 0.15) is 0 Å². The van der Waals surface area contributed by atoms with Crippen molar-refractivity contribution < 1.29 is 4.74 Å². The molecule has 0 saturated heterocycles. The van der Waals surface area contributed by atoms with Crippen molar-refractivity contribution in [1.29, 1.82) is 0 Å². The Morgan fingerprint density at radius 1 is 1.47 bits per heavy atom. The second-order valence-corrected chi connectivity index (χ2v) is 13.4. The number of fused-ring (bicyclic) bond motifs is 1. The Labute approximate surface area is 115 Å². The number of rotatable bonds is 5. The van der Waals surface area contributed by atoms with Crippen LogP contribution in [0.4, 0.5) is 0 Å². The van der Waals surface area contributed by atoms with Crippen LogP contribution >= 0.6 is 27.3 Å². The summed E-state index contributed by atoms with van der Waals surface area (Å²) in [5, 5.41) is 5.64. The molecule has 2 rings (SSSR count). The second-order valence-electron chi connectivity index (χ2n) is 5.33. The van der Waals surface area contributed by atoms with Gasteiger partial charge in [-0.2, -0.15) is 5.10 Å². The standard InChI is InChI=1S/C11H17BrN2OSSi/c1-17(2,3)5-4-15-8-14-7-9-6-10(12)16-11(9)13-14/h6-7H,4-5,8H2,1-3H3. The largest absolute Gasteiger partial charge is 0.360 e. The van der Waals surface area contributed by atoms with Crippen LogP contribution in [-0.2, 0) is 11.5 Å². The normalized spacial score (nSPS) is 12.5. The van der Waals surface area contributed by atoms with Crippen LogP contribution in [0, 0.1) is 0 Å². The van der Waals surface area contributed by atoms with Crippen LogP contribution in [0.15, 0.2) is 16.0 Å². The lowest BCUT2D eigenvalue weighted by atomic mass is 10.5. The molecule has 3 nitrogen and oxygen atoms in total. The molecule has 0 fully saturated rings. The molecule has 6 heteroatoms. The van der Waals surface area contributed by atoms with Crippen LogP contribution in [0.3, 0.4) is 0 Å². The highest BCUT2D eigenvalue weighted by Gasteiger charge is 2.12. The lowest BCUT2D eigenvalue weighted by Crippen LogP contribution is -2.22. The van der Waals surface area contributed by atoms with Crippen molar-refractivity contribution >= 4 is 45.6 Å². The van der Waals surface area contributed by atoms with Crippen molar-refractivity contribution in [3.8, 4) is 0 Å². The highest BCUT2D eigenvalue weighted by molar-refractivity contribution is 9.11. The Morgan fingerprint density at radius 3 is 2.88 bits per heavy atom. The summed E-state index contributed by atoms with van der Waals surface area (Å²) >= 11 is 5.11. The molecule has 0 aliphatic rings. The van der Waals surface area contributed by atoms with E-state index in [1.807, 2.05) is 10.9 Å². The van der Waals surface area contributed by atoms with Crippen molar-refractivity contribution in [3.05, 3.63) is 16.0 Å². The number of thiophene rings is 1. The Hall–Kier alpha value is -0.173. The van der Waals surface area contributed by atoms with E-state index in [0.717, 1.165) is 15.2 Å². The van der Waals surface area contributed by atoms with E-state index >= 15 is 0 Å². The minimum atomic E-state index is -0.980. The first-order chi connectivity index (χ1) is 7.94. The van der Waals surface area contributed by atoms with Gasteiger partial charge < -0.3 is 4.74 Å². The SMILES string of the molecule is C[Si](C)(C)CCOCn1cc2cc(Br)sc2n1. The Bertz CT molecular complexity index is 471. The molecular weight excluding hydrogens is 316 g/mol. The van der Waals surface area contributed by atoms with Crippen molar-refractivity contribution in [2.24, 2.45) is 0 Å². The highest BCUT2D eigenvalue weighted by Crippen LogP contribution is 2.28. The Morgan fingerprint density at radius 2 is 2.24 bits per heavy atom. The van der Waals surface area contributed by atoms with Crippen LogP contribution in [-0.4, -0.2) is 24.5 Å². The van der Waals surface area contributed by atoms with Gasteiger partial charge in [0.2, 0.25) is 0 Å². The van der Waals surface area contributed by atoms with Gasteiger partial charge in [-0.3, -0.25) is 0 Å². The molecule has 0 spiro atoms. The molecule has 2 aromatic rings. The van der Waals surface area contributed by atoms with Gasteiger partial charge in [0, 0.05) is 26.3 Å². The van der Waals surface area contributed by atoms with E-state index in [-0.39, 0.29) is 0 Å². The number of halogens is 1. The zero-order valence-corrected chi connectivity index (χ0v) is 13.8. The molecular formula is C11H17BrN2OSSi. The van der Waals surface area contributed by atoms with Crippen LogP contribution in [0.25, 0.3) is 10.2 Å². The van der Waals surface area contributed by atoms with Crippen LogP contribution in [0.2, 0.25) is 25.7 Å². The molecule has 0 saturated carbocycles. The lowest BCUT2D eigenvalue weighted by Gasteiger charge is -2.15. The fourth-order valence-electron chi connectivity index (χ4n) is 1.44. The van der Waals surface area contributed by atoms with E-state index in [0.29, 0.717) is 6.73 Å². The molecule has 0 aromatic carbocycles. The summed E-state index contributed by atoms with van der Waals surface area (Å²) < 4.78 is 8.65. The van der Waals surface area contributed by atoms with Crippen LogP contribution < -0.4 is 0 Å².